The standard InChI is InChI=1S/C15H23FN2/c1-15(2,18(3)4)10-17-14-9-8-11-12(14)6-5-7-13(11)16/h5-7,14,17H,8-10H2,1-4H3. The lowest BCUT2D eigenvalue weighted by Crippen LogP contribution is -2.47. The summed E-state index contributed by atoms with van der Waals surface area (Å²) in [5, 5.41) is 3.58. The van der Waals surface area contributed by atoms with Crippen molar-refractivity contribution in [1.82, 2.24) is 10.2 Å². The normalized spacial score (nSPS) is 19.3. The van der Waals surface area contributed by atoms with E-state index in [2.05, 4.69) is 38.2 Å². The number of hydrogen-bond donors (Lipinski definition) is 1. The Kier molecular flexibility index (Phi) is 3.74. The number of halogens is 1. The number of benzene rings is 1. The first-order chi connectivity index (χ1) is 8.42. The quantitative estimate of drug-likeness (QED) is 0.884. The van der Waals surface area contributed by atoms with E-state index in [1.54, 1.807) is 6.07 Å². The number of nitrogens with zero attached hydrogens (tertiary/aromatic N) is 1. The van der Waals surface area contributed by atoms with Gasteiger partial charge in [-0.25, -0.2) is 4.39 Å². The molecule has 1 N–H and O–H groups in total. The molecule has 0 saturated heterocycles. The van der Waals surface area contributed by atoms with Gasteiger partial charge in [-0.1, -0.05) is 12.1 Å². The van der Waals surface area contributed by atoms with Crippen LogP contribution in [0.1, 0.15) is 37.4 Å². The van der Waals surface area contributed by atoms with Gasteiger partial charge in [0, 0.05) is 18.1 Å². The van der Waals surface area contributed by atoms with Crippen LogP contribution in [0.25, 0.3) is 0 Å². The minimum atomic E-state index is -0.0522. The predicted octanol–water partition coefficient (Wildman–Crippen LogP) is 2.74. The molecule has 1 aromatic carbocycles. The van der Waals surface area contributed by atoms with Crippen molar-refractivity contribution in [2.45, 2.75) is 38.3 Å². The number of likely N-dealkylation sites (N-methyl/N-ethyl adjacent to an activating group) is 1. The fourth-order valence-corrected chi connectivity index (χ4v) is 2.35. The maximum absolute atomic E-state index is 13.6. The van der Waals surface area contributed by atoms with Crippen molar-refractivity contribution < 1.29 is 4.39 Å². The van der Waals surface area contributed by atoms with E-state index < -0.39 is 0 Å². The third-order valence-electron chi connectivity index (χ3n) is 4.21. The highest BCUT2D eigenvalue weighted by atomic mass is 19.1. The molecule has 2 rings (SSSR count). The third kappa shape index (κ3) is 2.57. The molecular weight excluding hydrogens is 227 g/mol. The molecule has 0 aromatic heterocycles. The van der Waals surface area contributed by atoms with Gasteiger partial charge in [-0.05, 0) is 58.0 Å². The second kappa shape index (κ2) is 4.98. The van der Waals surface area contributed by atoms with E-state index in [1.807, 2.05) is 12.1 Å². The van der Waals surface area contributed by atoms with E-state index in [-0.39, 0.29) is 11.4 Å². The maximum atomic E-state index is 13.6. The molecule has 0 heterocycles. The summed E-state index contributed by atoms with van der Waals surface area (Å²) in [5.41, 5.74) is 2.15. The summed E-state index contributed by atoms with van der Waals surface area (Å²) in [6.07, 6.45) is 1.85. The average molecular weight is 250 g/mol. The van der Waals surface area contributed by atoms with E-state index in [0.717, 1.165) is 30.5 Å². The highest BCUT2D eigenvalue weighted by Crippen LogP contribution is 2.32. The average Bonchev–Trinajstić information content (AvgIpc) is 2.71. The zero-order valence-corrected chi connectivity index (χ0v) is 11.8. The number of fused-ring (bicyclic) bond motifs is 1. The molecule has 0 aliphatic heterocycles. The van der Waals surface area contributed by atoms with Gasteiger partial charge in [-0.2, -0.15) is 0 Å². The van der Waals surface area contributed by atoms with Crippen molar-refractivity contribution in [2.24, 2.45) is 0 Å². The van der Waals surface area contributed by atoms with Crippen molar-refractivity contribution >= 4 is 0 Å². The SMILES string of the molecule is CN(C)C(C)(C)CNC1CCc2c(F)cccc21. The topological polar surface area (TPSA) is 15.3 Å². The monoisotopic (exact) mass is 250 g/mol. The summed E-state index contributed by atoms with van der Waals surface area (Å²) >= 11 is 0. The Morgan fingerprint density at radius 1 is 1.39 bits per heavy atom. The first-order valence-electron chi connectivity index (χ1n) is 6.60. The Bertz CT molecular complexity index is 427. The molecule has 0 radical (unpaired) electrons. The zero-order chi connectivity index (χ0) is 13.3. The third-order valence-corrected chi connectivity index (χ3v) is 4.21. The summed E-state index contributed by atoms with van der Waals surface area (Å²) in [4.78, 5) is 2.21. The molecular formula is C15H23FN2. The van der Waals surface area contributed by atoms with Gasteiger partial charge in [0.2, 0.25) is 0 Å². The van der Waals surface area contributed by atoms with Crippen LogP contribution in [0.4, 0.5) is 4.39 Å². The largest absolute Gasteiger partial charge is 0.308 e. The van der Waals surface area contributed by atoms with Gasteiger partial charge < -0.3 is 10.2 Å². The summed E-state index contributed by atoms with van der Waals surface area (Å²) in [7, 11) is 4.17. The smallest absolute Gasteiger partial charge is 0.126 e. The van der Waals surface area contributed by atoms with Crippen LogP contribution in [-0.2, 0) is 6.42 Å². The van der Waals surface area contributed by atoms with Crippen LogP contribution in [0.2, 0.25) is 0 Å². The van der Waals surface area contributed by atoms with Crippen molar-refractivity contribution in [3.05, 3.63) is 35.1 Å². The molecule has 1 aromatic rings. The van der Waals surface area contributed by atoms with Crippen LogP contribution in [-0.4, -0.2) is 31.1 Å². The first-order valence-corrected chi connectivity index (χ1v) is 6.60. The first kappa shape index (κ1) is 13.5. The van der Waals surface area contributed by atoms with Crippen molar-refractivity contribution in [3.8, 4) is 0 Å². The molecule has 1 atom stereocenters. The molecule has 0 fully saturated rings. The zero-order valence-electron chi connectivity index (χ0n) is 11.8. The molecule has 0 amide bonds. The number of rotatable bonds is 4. The molecule has 0 bridgehead atoms. The van der Waals surface area contributed by atoms with E-state index >= 15 is 0 Å². The molecule has 1 aliphatic rings. The van der Waals surface area contributed by atoms with Crippen molar-refractivity contribution in [3.63, 3.8) is 0 Å². The van der Waals surface area contributed by atoms with Gasteiger partial charge in [0.1, 0.15) is 5.82 Å². The Morgan fingerprint density at radius 2 is 2.11 bits per heavy atom. The van der Waals surface area contributed by atoms with E-state index in [4.69, 9.17) is 0 Å². The van der Waals surface area contributed by atoms with Crippen LogP contribution < -0.4 is 5.32 Å². The molecule has 1 aliphatic carbocycles. The lowest BCUT2D eigenvalue weighted by molar-refractivity contribution is 0.184. The fraction of sp³-hybridized carbons (Fsp3) is 0.600. The maximum Gasteiger partial charge on any atom is 0.126 e. The van der Waals surface area contributed by atoms with Crippen LogP contribution in [0, 0.1) is 5.82 Å². The number of nitrogens with one attached hydrogen (secondary N) is 1. The van der Waals surface area contributed by atoms with Gasteiger partial charge in [0.25, 0.3) is 0 Å². The second-order valence-corrected chi connectivity index (χ2v) is 5.99. The lowest BCUT2D eigenvalue weighted by atomic mass is 10.0. The van der Waals surface area contributed by atoms with E-state index in [1.165, 1.54) is 0 Å². The van der Waals surface area contributed by atoms with Gasteiger partial charge in [-0.15, -0.1) is 0 Å². The van der Waals surface area contributed by atoms with E-state index in [0.29, 0.717) is 6.04 Å². The van der Waals surface area contributed by atoms with Gasteiger partial charge in [-0.3, -0.25) is 0 Å². The Balaban J connectivity index is 2.05. The molecule has 18 heavy (non-hydrogen) atoms. The minimum absolute atomic E-state index is 0.0522. The Labute approximate surface area is 109 Å². The highest BCUT2D eigenvalue weighted by Gasteiger charge is 2.27. The lowest BCUT2D eigenvalue weighted by Gasteiger charge is -2.34. The van der Waals surface area contributed by atoms with Crippen LogP contribution >= 0.6 is 0 Å². The molecule has 0 saturated carbocycles. The van der Waals surface area contributed by atoms with Crippen molar-refractivity contribution in [1.29, 1.82) is 0 Å². The minimum Gasteiger partial charge on any atom is -0.308 e. The summed E-state index contributed by atoms with van der Waals surface area (Å²) in [5.74, 6) is -0.0522. The van der Waals surface area contributed by atoms with Gasteiger partial charge >= 0.3 is 0 Å². The van der Waals surface area contributed by atoms with Crippen molar-refractivity contribution in [2.75, 3.05) is 20.6 Å². The van der Waals surface area contributed by atoms with E-state index in [9.17, 15) is 4.39 Å². The highest BCUT2D eigenvalue weighted by molar-refractivity contribution is 5.35. The Morgan fingerprint density at radius 3 is 2.78 bits per heavy atom. The van der Waals surface area contributed by atoms with Crippen LogP contribution in [0.15, 0.2) is 18.2 Å². The predicted molar refractivity (Wildman–Crippen MR) is 73.2 cm³/mol. The van der Waals surface area contributed by atoms with Crippen LogP contribution in [0.5, 0.6) is 0 Å². The summed E-state index contributed by atoms with van der Waals surface area (Å²) in [6.45, 7) is 5.32. The summed E-state index contributed by atoms with van der Waals surface area (Å²) in [6, 6.07) is 5.72. The number of hydrogen-bond acceptors (Lipinski definition) is 2. The molecule has 0 spiro atoms. The molecule has 3 heteroatoms. The van der Waals surface area contributed by atoms with Gasteiger partial charge in [0.05, 0.1) is 0 Å². The Hall–Kier alpha value is -0.930. The van der Waals surface area contributed by atoms with Gasteiger partial charge in [0.15, 0.2) is 0 Å². The van der Waals surface area contributed by atoms with Crippen LogP contribution in [0.3, 0.4) is 0 Å². The molecule has 100 valence electrons. The fourth-order valence-electron chi connectivity index (χ4n) is 2.35. The second-order valence-electron chi connectivity index (χ2n) is 5.99. The summed E-state index contributed by atoms with van der Waals surface area (Å²) < 4.78 is 13.6. The molecule has 2 nitrogen and oxygen atoms in total. The molecule has 1 unspecified atom stereocenters.